The summed E-state index contributed by atoms with van der Waals surface area (Å²) in [6.45, 7) is 8.14. The van der Waals surface area contributed by atoms with Crippen LogP contribution >= 0.6 is 0 Å². The van der Waals surface area contributed by atoms with E-state index in [9.17, 15) is 0 Å². The highest BCUT2D eigenvalue weighted by Gasteiger charge is 2.23. The molecule has 30 heavy (non-hydrogen) atoms. The maximum atomic E-state index is 6.09. The lowest BCUT2D eigenvalue weighted by Crippen LogP contribution is -2.40. The molecule has 1 aliphatic heterocycles. The Labute approximate surface area is 177 Å². The molecule has 0 radical (unpaired) electrons. The van der Waals surface area contributed by atoms with Crippen LogP contribution in [0.1, 0.15) is 56.7 Å². The molecule has 8 nitrogen and oxygen atoms in total. The van der Waals surface area contributed by atoms with Gasteiger partial charge < -0.3 is 20.7 Å². The van der Waals surface area contributed by atoms with Crippen LogP contribution in [-0.4, -0.2) is 45.8 Å². The number of nitrogens with two attached hydrogens (primary N) is 1. The van der Waals surface area contributed by atoms with Crippen LogP contribution in [0, 0.1) is 0 Å². The second kappa shape index (κ2) is 8.47. The number of hydrogen-bond donors (Lipinski definition) is 2. The fraction of sp³-hybridized carbons (Fsp3) is 0.500. The van der Waals surface area contributed by atoms with Crippen molar-refractivity contribution in [3.8, 4) is 5.75 Å². The first-order chi connectivity index (χ1) is 14.5. The lowest BCUT2D eigenvalue weighted by atomic mass is 10.1. The molecule has 1 aliphatic rings. The van der Waals surface area contributed by atoms with Crippen molar-refractivity contribution in [3.05, 3.63) is 41.6 Å². The lowest BCUT2D eigenvalue weighted by molar-refractivity contribution is 0.408. The molecule has 1 aromatic carbocycles. The number of nitrogens with one attached hydrogen (secondary N) is 1. The summed E-state index contributed by atoms with van der Waals surface area (Å²) in [4.78, 5) is 12.0. The van der Waals surface area contributed by atoms with E-state index in [-0.39, 0.29) is 12.1 Å². The van der Waals surface area contributed by atoms with Gasteiger partial charge in [0.1, 0.15) is 5.75 Å². The van der Waals surface area contributed by atoms with E-state index in [4.69, 9.17) is 20.4 Å². The second-order valence-electron chi connectivity index (χ2n) is 8.27. The molecule has 0 spiro atoms. The van der Waals surface area contributed by atoms with Crippen LogP contribution in [0.25, 0.3) is 5.65 Å². The zero-order chi connectivity index (χ0) is 21.3. The maximum Gasteiger partial charge on any atom is 0.230 e. The SMILES string of the molecule is COc1ccccc1[C@H](C)Nc1nc(N2CCC(N)CC2)nc2c(C(C)C)cnn12. The Morgan fingerprint density at radius 2 is 1.83 bits per heavy atom. The maximum absolute atomic E-state index is 6.09. The van der Waals surface area contributed by atoms with Crippen molar-refractivity contribution in [2.24, 2.45) is 5.73 Å². The topological polar surface area (TPSA) is 93.6 Å². The molecular weight excluding hydrogens is 378 g/mol. The van der Waals surface area contributed by atoms with Crippen molar-refractivity contribution in [2.45, 2.75) is 51.6 Å². The summed E-state index contributed by atoms with van der Waals surface area (Å²) in [5.74, 6) is 2.57. The molecule has 3 heterocycles. The molecule has 4 rings (SSSR count). The molecule has 0 aliphatic carbocycles. The Kier molecular flexibility index (Phi) is 5.76. The first-order valence-corrected chi connectivity index (χ1v) is 10.6. The van der Waals surface area contributed by atoms with Gasteiger partial charge in [0, 0.05) is 30.3 Å². The molecule has 1 saturated heterocycles. The van der Waals surface area contributed by atoms with Crippen LogP contribution in [0.3, 0.4) is 0 Å². The number of aromatic nitrogens is 4. The largest absolute Gasteiger partial charge is 0.496 e. The quantitative estimate of drug-likeness (QED) is 0.645. The third kappa shape index (κ3) is 3.92. The number of rotatable bonds is 6. The Morgan fingerprint density at radius 3 is 2.53 bits per heavy atom. The van der Waals surface area contributed by atoms with Gasteiger partial charge in [-0.05, 0) is 31.7 Å². The molecule has 0 bridgehead atoms. The van der Waals surface area contributed by atoms with Crippen LogP contribution in [0.15, 0.2) is 30.5 Å². The van der Waals surface area contributed by atoms with Crippen LogP contribution in [0.5, 0.6) is 5.75 Å². The molecule has 8 heteroatoms. The van der Waals surface area contributed by atoms with Gasteiger partial charge in [0.2, 0.25) is 11.9 Å². The van der Waals surface area contributed by atoms with E-state index in [0.29, 0.717) is 11.9 Å². The van der Waals surface area contributed by atoms with Crippen molar-refractivity contribution < 1.29 is 4.74 Å². The number of methoxy groups -OCH3 is 1. The fourth-order valence-electron chi connectivity index (χ4n) is 3.92. The van der Waals surface area contributed by atoms with Gasteiger partial charge >= 0.3 is 0 Å². The van der Waals surface area contributed by atoms with Gasteiger partial charge in [0.25, 0.3) is 0 Å². The second-order valence-corrected chi connectivity index (χ2v) is 8.27. The van der Waals surface area contributed by atoms with Gasteiger partial charge in [-0.3, -0.25) is 0 Å². The summed E-state index contributed by atoms with van der Waals surface area (Å²) in [7, 11) is 1.69. The van der Waals surface area contributed by atoms with E-state index < -0.39 is 0 Å². The average molecular weight is 410 g/mol. The van der Waals surface area contributed by atoms with E-state index in [0.717, 1.165) is 54.4 Å². The van der Waals surface area contributed by atoms with Crippen LogP contribution in [-0.2, 0) is 0 Å². The fourth-order valence-corrected chi connectivity index (χ4v) is 3.92. The molecule has 0 unspecified atom stereocenters. The average Bonchev–Trinajstić information content (AvgIpc) is 3.19. The molecule has 0 amide bonds. The van der Waals surface area contributed by atoms with Crippen molar-refractivity contribution in [1.82, 2.24) is 19.6 Å². The molecule has 3 aromatic rings. The Morgan fingerprint density at radius 1 is 1.10 bits per heavy atom. The molecule has 160 valence electrons. The van der Waals surface area contributed by atoms with E-state index >= 15 is 0 Å². The minimum absolute atomic E-state index is 0.0198. The highest BCUT2D eigenvalue weighted by Crippen LogP contribution is 2.29. The van der Waals surface area contributed by atoms with Gasteiger partial charge in [0.15, 0.2) is 5.65 Å². The number of fused-ring (bicyclic) bond motifs is 1. The van der Waals surface area contributed by atoms with Crippen molar-refractivity contribution in [1.29, 1.82) is 0 Å². The van der Waals surface area contributed by atoms with Crippen molar-refractivity contribution >= 4 is 17.5 Å². The molecule has 0 saturated carbocycles. The zero-order valence-corrected chi connectivity index (χ0v) is 18.2. The monoisotopic (exact) mass is 409 g/mol. The summed E-state index contributed by atoms with van der Waals surface area (Å²) in [6.07, 6.45) is 3.79. The number of para-hydroxylation sites is 1. The summed E-state index contributed by atoms with van der Waals surface area (Å²) >= 11 is 0. The first-order valence-electron chi connectivity index (χ1n) is 10.6. The third-order valence-corrected chi connectivity index (χ3v) is 5.78. The molecule has 1 atom stereocenters. The van der Waals surface area contributed by atoms with Gasteiger partial charge in [-0.1, -0.05) is 32.0 Å². The van der Waals surface area contributed by atoms with Crippen LogP contribution in [0.4, 0.5) is 11.9 Å². The number of nitrogens with zero attached hydrogens (tertiary/aromatic N) is 5. The summed E-state index contributed by atoms with van der Waals surface area (Å²) in [6, 6.07) is 8.25. The molecular formula is C22H31N7O. The van der Waals surface area contributed by atoms with Crippen molar-refractivity contribution in [2.75, 3.05) is 30.4 Å². The highest BCUT2D eigenvalue weighted by atomic mass is 16.5. The van der Waals surface area contributed by atoms with Crippen molar-refractivity contribution in [3.63, 3.8) is 0 Å². The highest BCUT2D eigenvalue weighted by molar-refractivity contribution is 5.57. The standard InChI is InChI=1S/C22H31N7O/c1-14(2)18-13-24-29-20(18)26-21(28-11-9-16(23)10-12-28)27-22(29)25-15(3)17-7-5-6-8-19(17)30-4/h5-8,13-16H,9-12,23H2,1-4H3,(H,25,26,27)/t15-/m0/s1. The Balaban J connectivity index is 1.74. The van der Waals surface area contributed by atoms with E-state index in [2.05, 4.69) is 42.2 Å². The smallest absolute Gasteiger partial charge is 0.230 e. The first kappa shape index (κ1) is 20.4. The van der Waals surface area contributed by atoms with E-state index in [1.54, 1.807) is 11.6 Å². The number of benzene rings is 1. The minimum Gasteiger partial charge on any atom is -0.496 e. The van der Waals surface area contributed by atoms with Gasteiger partial charge in [-0.15, -0.1) is 0 Å². The predicted molar refractivity (Wildman–Crippen MR) is 119 cm³/mol. The number of ether oxygens (including phenoxy) is 1. The molecule has 3 N–H and O–H groups in total. The third-order valence-electron chi connectivity index (χ3n) is 5.78. The van der Waals surface area contributed by atoms with E-state index in [1.807, 2.05) is 24.4 Å². The molecule has 1 fully saturated rings. The number of piperidine rings is 1. The predicted octanol–water partition coefficient (Wildman–Crippen LogP) is 3.36. The number of hydrogen-bond acceptors (Lipinski definition) is 7. The van der Waals surface area contributed by atoms with Crippen LogP contribution < -0.4 is 20.7 Å². The summed E-state index contributed by atoms with van der Waals surface area (Å²) in [5, 5.41) is 8.12. The molecule has 2 aromatic heterocycles. The lowest BCUT2D eigenvalue weighted by Gasteiger charge is -2.30. The van der Waals surface area contributed by atoms with Gasteiger partial charge in [0.05, 0.1) is 19.3 Å². The van der Waals surface area contributed by atoms with Gasteiger partial charge in [-0.2, -0.15) is 19.6 Å². The van der Waals surface area contributed by atoms with E-state index in [1.165, 1.54) is 0 Å². The summed E-state index contributed by atoms with van der Waals surface area (Å²) in [5.41, 5.74) is 9.12. The zero-order valence-electron chi connectivity index (χ0n) is 18.2. The minimum atomic E-state index is -0.0198. The Bertz CT molecular complexity index is 1010. The van der Waals surface area contributed by atoms with Gasteiger partial charge in [-0.25, -0.2) is 0 Å². The summed E-state index contributed by atoms with van der Waals surface area (Å²) < 4.78 is 7.35. The Hall–Kier alpha value is -2.87. The van der Waals surface area contributed by atoms with Crippen LogP contribution in [0.2, 0.25) is 0 Å². The normalized spacial score (nSPS) is 16.3. The number of anilines is 2.